The summed E-state index contributed by atoms with van der Waals surface area (Å²) in [6.07, 6.45) is 0. The number of hydrogen-bond acceptors (Lipinski definition) is 5. The normalized spacial score (nSPS) is 19.8. The Balaban J connectivity index is 2.48. The maximum Gasteiger partial charge on any atom is 0.161 e. The molecule has 0 saturated heterocycles. The van der Waals surface area contributed by atoms with Gasteiger partial charge in [0.25, 0.3) is 0 Å². The van der Waals surface area contributed by atoms with Crippen LogP contribution < -0.4 is 9.47 Å². The first-order valence-corrected chi connectivity index (χ1v) is 6.56. The molecule has 0 atom stereocenters. The first kappa shape index (κ1) is 14.7. The molecule has 1 aliphatic rings. The standard InChI is InChI=1S/C15H22N2O3/c1-14(2)15(3,4)17(18)13(16-14)10-7-8-11(19-5)12(9-10)20-6/h7-9,18H,1-6H3. The molecule has 0 amide bonds. The van der Waals surface area contributed by atoms with Crippen molar-refractivity contribution in [2.45, 2.75) is 38.8 Å². The van der Waals surface area contributed by atoms with E-state index in [0.29, 0.717) is 17.3 Å². The zero-order valence-electron chi connectivity index (χ0n) is 12.9. The van der Waals surface area contributed by atoms with Gasteiger partial charge in [-0.1, -0.05) is 0 Å². The molecule has 0 bridgehead atoms. The third-order valence-corrected chi connectivity index (χ3v) is 4.25. The van der Waals surface area contributed by atoms with Gasteiger partial charge >= 0.3 is 0 Å². The Morgan fingerprint density at radius 2 is 1.65 bits per heavy atom. The lowest BCUT2D eigenvalue weighted by Gasteiger charge is -2.36. The molecule has 0 aromatic heterocycles. The Kier molecular flexibility index (Phi) is 3.42. The maximum absolute atomic E-state index is 10.4. The predicted octanol–water partition coefficient (Wildman–Crippen LogP) is 2.71. The number of hydrogen-bond donors (Lipinski definition) is 1. The summed E-state index contributed by atoms with van der Waals surface area (Å²) >= 11 is 0. The second kappa shape index (κ2) is 4.66. The molecule has 110 valence electrons. The topological polar surface area (TPSA) is 54.3 Å². The molecule has 1 N–H and O–H groups in total. The van der Waals surface area contributed by atoms with Crippen LogP contribution in [-0.4, -0.2) is 41.4 Å². The van der Waals surface area contributed by atoms with Gasteiger partial charge in [0, 0.05) is 5.56 Å². The van der Waals surface area contributed by atoms with E-state index >= 15 is 0 Å². The highest BCUT2D eigenvalue weighted by atomic mass is 16.5. The monoisotopic (exact) mass is 278 g/mol. The number of benzene rings is 1. The van der Waals surface area contributed by atoms with Gasteiger partial charge in [0.2, 0.25) is 0 Å². The van der Waals surface area contributed by atoms with E-state index in [1.165, 1.54) is 5.06 Å². The molecule has 0 spiro atoms. The smallest absolute Gasteiger partial charge is 0.161 e. The third-order valence-electron chi connectivity index (χ3n) is 4.25. The number of amidine groups is 1. The van der Waals surface area contributed by atoms with Crippen LogP contribution in [0.15, 0.2) is 23.2 Å². The van der Waals surface area contributed by atoms with Crippen LogP contribution in [0.5, 0.6) is 11.5 Å². The summed E-state index contributed by atoms with van der Waals surface area (Å²) in [5.74, 6) is 1.81. The van der Waals surface area contributed by atoms with Gasteiger partial charge in [0.05, 0.1) is 25.3 Å². The summed E-state index contributed by atoms with van der Waals surface area (Å²) in [5, 5.41) is 11.7. The van der Waals surface area contributed by atoms with Gasteiger partial charge in [0.15, 0.2) is 17.3 Å². The van der Waals surface area contributed by atoms with Crippen LogP contribution in [0.3, 0.4) is 0 Å². The largest absolute Gasteiger partial charge is 0.493 e. The molecule has 1 aromatic carbocycles. The molecular formula is C15H22N2O3. The van der Waals surface area contributed by atoms with E-state index in [1.54, 1.807) is 14.2 Å². The van der Waals surface area contributed by atoms with Gasteiger partial charge in [-0.25, -0.2) is 5.06 Å². The summed E-state index contributed by atoms with van der Waals surface area (Å²) in [7, 11) is 3.18. The van der Waals surface area contributed by atoms with E-state index in [0.717, 1.165) is 5.56 Å². The van der Waals surface area contributed by atoms with E-state index in [4.69, 9.17) is 9.47 Å². The highest BCUT2D eigenvalue weighted by Crippen LogP contribution is 2.39. The van der Waals surface area contributed by atoms with Gasteiger partial charge < -0.3 is 9.47 Å². The molecular weight excluding hydrogens is 256 g/mol. The summed E-state index contributed by atoms with van der Waals surface area (Å²) in [6.45, 7) is 7.93. The lowest BCUT2D eigenvalue weighted by molar-refractivity contribution is -0.0992. The minimum absolute atomic E-state index is 0.385. The van der Waals surface area contributed by atoms with Gasteiger partial charge in [-0.05, 0) is 45.9 Å². The minimum Gasteiger partial charge on any atom is -0.493 e. The van der Waals surface area contributed by atoms with Crippen molar-refractivity contribution in [1.82, 2.24) is 5.06 Å². The second-order valence-electron chi connectivity index (χ2n) is 5.94. The van der Waals surface area contributed by atoms with Crippen molar-refractivity contribution in [2.24, 2.45) is 4.99 Å². The molecule has 0 aliphatic carbocycles. The Bertz CT molecular complexity index is 550. The van der Waals surface area contributed by atoms with Crippen molar-refractivity contribution in [1.29, 1.82) is 0 Å². The number of rotatable bonds is 3. The zero-order chi connectivity index (χ0) is 15.1. The Morgan fingerprint density at radius 3 is 2.10 bits per heavy atom. The Morgan fingerprint density at radius 1 is 1.05 bits per heavy atom. The Labute approximate surface area is 119 Å². The van der Waals surface area contributed by atoms with Crippen LogP contribution in [-0.2, 0) is 0 Å². The second-order valence-corrected chi connectivity index (χ2v) is 5.94. The number of ether oxygens (including phenoxy) is 2. The van der Waals surface area contributed by atoms with Gasteiger partial charge in [-0.15, -0.1) is 0 Å². The van der Waals surface area contributed by atoms with E-state index in [2.05, 4.69) is 4.99 Å². The zero-order valence-corrected chi connectivity index (χ0v) is 12.9. The molecule has 2 rings (SSSR count). The molecule has 0 saturated carbocycles. The number of hydroxylamine groups is 2. The van der Waals surface area contributed by atoms with Gasteiger partial charge in [-0.2, -0.15) is 0 Å². The van der Waals surface area contributed by atoms with Crippen molar-refractivity contribution >= 4 is 5.84 Å². The molecule has 20 heavy (non-hydrogen) atoms. The molecule has 1 aliphatic heterocycles. The van der Waals surface area contributed by atoms with Crippen LogP contribution in [0.1, 0.15) is 33.3 Å². The van der Waals surface area contributed by atoms with E-state index < -0.39 is 5.54 Å². The van der Waals surface area contributed by atoms with Crippen LogP contribution >= 0.6 is 0 Å². The molecule has 5 heteroatoms. The van der Waals surface area contributed by atoms with E-state index in [1.807, 2.05) is 45.9 Å². The third kappa shape index (κ3) is 2.02. The van der Waals surface area contributed by atoms with Gasteiger partial charge in [0.1, 0.15) is 0 Å². The number of methoxy groups -OCH3 is 2. The predicted molar refractivity (Wildman–Crippen MR) is 77.9 cm³/mol. The first-order chi connectivity index (χ1) is 9.24. The maximum atomic E-state index is 10.4. The van der Waals surface area contributed by atoms with Crippen LogP contribution in [0.4, 0.5) is 0 Å². The summed E-state index contributed by atoms with van der Waals surface area (Å²) in [4.78, 5) is 4.65. The minimum atomic E-state index is -0.477. The summed E-state index contributed by atoms with van der Waals surface area (Å²) in [5.41, 5.74) is -0.0662. The highest BCUT2D eigenvalue weighted by Gasteiger charge is 2.49. The quantitative estimate of drug-likeness (QED) is 0.923. The number of nitrogens with zero attached hydrogens (tertiary/aromatic N) is 2. The lowest BCUT2D eigenvalue weighted by Crippen LogP contribution is -2.51. The summed E-state index contributed by atoms with van der Waals surface area (Å²) < 4.78 is 10.5. The molecule has 0 fully saturated rings. The van der Waals surface area contributed by atoms with E-state index in [-0.39, 0.29) is 5.54 Å². The van der Waals surface area contributed by atoms with E-state index in [9.17, 15) is 5.21 Å². The lowest BCUT2D eigenvalue weighted by atomic mass is 9.84. The molecule has 5 nitrogen and oxygen atoms in total. The van der Waals surface area contributed by atoms with Gasteiger partial charge in [-0.3, -0.25) is 10.2 Å². The average molecular weight is 278 g/mol. The van der Waals surface area contributed by atoms with Crippen LogP contribution in [0, 0.1) is 0 Å². The number of aliphatic imine (C=N–C) groups is 1. The van der Waals surface area contributed by atoms with Crippen molar-refractivity contribution < 1.29 is 14.7 Å². The SMILES string of the molecule is COc1ccc(C2=NC(C)(C)C(C)(C)N2O)cc1OC. The first-order valence-electron chi connectivity index (χ1n) is 6.56. The van der Waals surface area contributed by atoms with Crippen molar-refractivity contribution in [3.8, 4) is 11.5 Å². The average Bonchev–Trinajstić information content (AvgIpc) is 2.58. The van der Waals surface area contributed by atoms with Crippen LogP contribution in [0.2, 0.25) is 0 Å². The van der Waals surface area contributed by atoms with Crippen LogP contribution in [0.25, 0.3) is 0 Å². The molecule has 0 radical (unpaired) electrons. The molecule has 1 aromatic rings. The Hall–Kier alpha value is -1.75. The van der Waals surface area contributed by atoms with Crippen molar-refractivity contribution in [3.05, 3.63) is 23.8 Å². The molecule has 0 unspecified atom stereocenters. The fourth-order valence-corrected chi connectivity index (χ4v) is 2.13. The summed E-state index contributed by atoms with van der Waals surface area (Å²) in [6, 6.07) is 5.49. The molecule has 1 heterocycles. The fraction of sp³-hybridized carbons (Fsp3) is 0.533. The van der Waals surface area contributed by atoms with Crippen molar-refractivity contribution in [3.63, 3.8) is 0 Å². The highest BCUT2D eigenvalue weighted by molar-refractivity contribution is 6.00. The fourth-order valence-electron chi connectivity index (χ4n) is 2.13. The van der Waals surface area contributed by atoms with Crippen molar-refractivity contribution in [2.75, 3.05) is 14.2 Å².